The maximum absolute atomic E-state index is 11.5. The first-order chi connectivity index (χ1) is 15.9. The maximum atomic E-state index is 11.5. The number of rotatable bonds is 6. The number of carboxylic acid groups (broad SMARTS) is 1. The van der Waals surface area contributed by atoms with Gasteiger partial charge in [-0.05, 0) is 48.9 Å². The number of aromatic nitrogens is 3. The van der Waals surface area contributed by atoms with Gasteiger partial charge in [0.2, 0.25) is 0 Å². The zero-order chi connectivity index (χ0) is 23.3. The smallest absolute Gasteiger partial charge is 0.325 e. The fourth-order valence-electron chi connectivity index (χ4n) is 4.34. The molecule has 8 heteroatoms. The normalized spacial score (nSPS) is 15.5. The van der Waals surface area contributed by atoms with Crippen LogP contribution in [0.2, 0.25) is 10.0 Å². The third kappa shape index (κ3) is 3.88. The van der Waals surface area contributed by atoms with Crippen LogP contribution >= 0.6 is 23.2 Å². The number of aliphatic carboxylic acids is 1. The monoisotopic (exact) mass is 480 g/mol. The summed E-state index contributed by atoms with van der Waals surface area (Å²) < 4.78 is 2.02. The van der Waals surface area contributed by atoms with Gasteiger partial charge in [0.25, 0.3) is 0 Å². The van der Waals surface area contributed by atoms with Crippen molar-refractivity contribution in [3.05, 3.63) is 81.7 Å². The largest absolute Gasteiger partial charge is 0.480 e. The lowest BCUT2D eigenvalue weighted by Gasteiger charge is -2.20. The molecule has 6 nitrogen and oxygen atoms in total. The first-order valence-corrected chi connectivity index (χ1v) is 11.5. The lowest BCUT2D eigenvalue weighted by molar-refractivity contribution is -0.138. The van der Waals surface area contributed by atoms with Crippen molar-refractivity contribution in [3.8, 4) is 11.3 Å². The number of nitrogens with two attached hydrogens (primary N) is 1. The van der Waals surface area contributed by atoms with E-state index in [-0.39, 0.29) is 6.04 Å². The molecule has 1 aliphatic rings. The standard InChI is InChI=1S/C25H22Cl2N4O2/c1-13(22-18(26)9-8-15(23(22)27)14-6-7-14)31-12-30-20-11-29-19(10-21(20)31)16-4-2-3-5-17(16)24(28)25(32)33/h2-5,8-14,24H,6-7,28H2,1H3,(H,32,33)/t13-,24?/m1/s1. The molecule has 5 rings (SSSR count). The molecule has 2 atom stereocenters. The quantitative estimate of drug-likeness (QED) is 0.354. The zero-order valence-corrected chi connectivity index (χ0v) is 19.4. The van der Waals surface area contributed by atoms with Crippen molar-refractivity contribution in [2.45, 2.75) is 37.8 Å². The molecule has 2 heterocycles. The molecule has 0 saturated heterocycles. The van der Waals surface area contributed by atoms with E-state index in [9.17, 15) is 9.90 Å². The average molecular weight is 481 g/mol. The van der Waals surface area contributed by atoms with E-state index in [0.717, 1.165) is 35.0 Å². The van der Waals surface area contributed by atoms with Crippen LogP contribution in [0, 0.1) is 0 Å². The fourth-order valence-corrected chi connectivity index (χ4v) is 5.18. The van der Waals surface area contributed by atoms with Crippen molar-refractivity contribution >= 4 is 40.2 Å². The molecule has 2 aromatic carbocycles. The first kappa shape index (κ1) is 21.9. The summed E-state index contributed by atoms with van der Waals surface area (Å²) >= 11 is 13.4. The average Bonchev–Trinajstić information content (AvgIpc) is 3.56. The predicted octanol–water partition coefficient (Wildman–Crippen LogP) is 5.98. The van der Waals surface area contributed by atoms with Crippen LogP contribution in [0.3, 0.4) is 0 Å². The molecule has 0 bridgehead atoms. The van der Waals surface area contributed by atoms with Gasteiger partial charge in [-0.3, -0.25) is 9.78 Å². The summed E-state index contributed by atoms with van der Waals surface area (Å²) in [7, 11) is 0. The Labute approximate surface area is 201 Å². The van der Waals surface area contributed by atoms with Gasteiger partial charge in [0.1, 0.15) is 11.6 Å². The Bertz CT molecular complexity index is 1380. The number of carboxylic acids is 1. The summed E-state index contributed by atoms with van der Waals surface area (Å²) in [5.74, 6) is -0.590. The highest BCUT2D eigenvalue weighted by molar-refractivity contribution is 6.36. The minimum Gasteiger partial charge on any atom is -0.480 e. The van der Waals surface area contributed by atoms with Crippen LogP contribution in [0.4, 0.5) is 0 Å². The Morgan fingerprint density at radius 2 is 1.94 bits per heavy atom. The van der Waals surface area contributed by atoms with E-state index in [0.29, 0.717) is 32.8 Å². The van der Waals surface area contributed by atoms with Crippen molar-refractivity contribution in [2.24, 2.45) is 5.73 Å². The van der Waals surface area contributed by atoms with Crippen LogP contribution in [0.5, 0.6) is 0 Å². The van der Waals surface area contributed by atoms with E-state index in [4.69, 9.17) is 28.9 Å². The van der Waals surface area contributed by atoms with Crippen molar-refractivity contribution in [2.75, 3.05) is 0 Å². The van der Waals surface area contributed by atoms with Crippen LogP contribution < -0.4 is 5.73 Å². The van der Waals surface area contributed by atoms with Crippen LogP contribution in [0.25, 0.3) is 22.3 Å². The first-order valence-electron chi connectivity index (χ1n) is 10.7. The second kappa shape index (κ2) is 8.45. The Morgan fingerprint density at radius 3 is 2.67 bits per heavy atom. The third-order valence-corrected chi connectivity index (χ3v) is 7.06. The fraction of sp³-hybridized carbons (Fsp3) is 0.240. The number of nitrogens with zero attached hydrogens (tertiary/aromatic N) is 3. The number of imidazole rings is 1. The molecule has 3 N–H and O–H groups in total. The van der Waals surface area contributed by atoms with E-state index < -0.39 is 12.0 Å². The molecular weight excluding hydrogens is 459 g/mol. The summed E-state index contributed by atoms with van der Waals surface area (Å²) in [5, 5.41) is 10.8. The molecule has 168 valence electrons. The third-order valence-electron chi connectivity index (χ3n) is 6.31. The van der Waals surface area contributed by atoms with E-state index in [1.807, 2.05) is 41.8 Å². The molecule has 0 amide bonds. The molecule has 33 heavy (non-hydrogen) atoms. The van der Waals surface area contributed by atoms with Crippen LogP contribution in [0.1, 0.15) is 54.5 Å². The predicted molar refractivity (Wildman–Crippen MR) is 130 cm³/mol. The topological polar surface area (TPSA) is 94.0 Å². The zero-order valence-electron chi connectivity index (χ0n) is 17.9. The maximum Gasteiger partial charge on any atom is 0.325 e. The SMILES string of the molecule is C[C@H](c1c(Cl)ccc(C2CC2)c1Cl)n1cnc2cnc(-c3ccccc3C(N)C(=O)O)cc21. The van der Waals surface area contributed by atoms with Gasteiger partial charge in [0.05, 0.1) is 34.8 Å². The van der Waals surface area contributed by atoms with Crippen LogP contribution in [0.15, 0.2) is 55.0 Å². The van der Waals surface area contributed by atoms with Gasteiger partial charge in [-0.2, -0.15) is 0 Å². The Morgan fingerprint density at radius 1 is 1.18 bits per heavy atom. The Balaban J connectivity index is 1.62. The Kier molecular flexibility index (Phi) is 5.60. The number of hydrogen-bond acceptors (Lipinski definition) is 4. The molecule has 1 unspecified atom stereocenters. The number of benzene rings is 2. The molecule has 2 aromatic heterocycles. The highest BCUT2D eigenvalue weighted by Gasteiger charge is 2.29. The summed E-state index contributed by atoms with van der Waals surface area (Å²) in [6.07, 6.45) is 5.74. The second-order valence-corrected chi connectivity index (χ2v) is 9.21. The second-order valence-electron chi connectivity index (χ2n) is 8.43. The van der Waals surface area contributed by atoms with Crippen LogP contribution in [-0.4, -0.2) is 25.6 Å². The number of pyridine rings is 1. The summed E-state index contributed by atoms with van der Waals surface area (Å²) in [5.41, 5.74) is 11.3. The summed E-state index contributed by atoms with van der Waals surface area (Å²) in [4.78, 5) is 20.6. The van der Waals surface area contributed by atoms with Crippen molar-refractivity contribution < 1.29 is 9.90 Å². The van der Waals surface area contributed by atoms with E-state index in [1.54, 1.807) is 24.7 Å². The number of fused-ring (bicyclic) bond motifs is 1. The summed E-state index contributed by atoms with van der Waals surface area (Å²) in [6, 6.07) is 11.7. The molecule has 0 aliphatic heterocycles. The van der Waals surface area contributed by atoms with E-state index in [1.165, 1.54) is 0 Å². The summed E-state index contributed by atoms with van der Waals surface area (Å²) in [6.45, 7) is 2.04. The number of halogens is 2. The molecule has 1 fully saturated rings. The highest BCUT2D eigenvalue weighted by Crippen LogP contribution is 2.47. The van der Waals surface area contributed by atoms with Gasteiger partial charge >= 0.3 is 5.97 Å². The minimum absolute atomic E-state index is 0.166. The Hall–Kier alpha value is -2.93. The lowest BCUT2D eigenvalue weighted by atomic mass is 9.98. The molecule has 1 saturated carbocycles. The van der Waals surface area contributed by atoms with E-state index in [2.05, 4.69) is 9.97 Å². The lowest BCUT2D eigenvalue weighted by Crippen LogP contribution is -2.21. The molecule has 0 radical (unpaired) electrons. The van der Waals surface area contributed by atoms with Gasteiger partial charge in [-0.25, -0.2) is 4.98 Å². The molecule has 4 aromatic rings. The number of carbonyl (C=O) groups is 1. The van der Waals surface area contributed by atoms with Gasteiger partial charge < -0.3 is 15.4 Å². The van der Waals surface area contributed by atoms with Gasteiger partial charge in [0.15, 0.2) is 0 Å². The molecule has 1 aliphatic carbocycles. The van der Waals surface area contributed by atoms with Crippen LogP contribution in [-0.2, 0) is 4.79 Å². The van der Waals surface area contributed by atoms with Crippen molar-refractivity contribution in [1.82, 2.24) is 14.5 Å². The van der Waals surface area contributed by atoms with Crippen molar-refractivity contribution in [3.63, 3.8) is 0 Å². The molecule has 0 spiro atoms. The van der Waals surface area contributed by atoms with E-state index >= 15 is 0 Å². The van der Waals surface area contributed by atoms with Gasteiger partial charge in [0, 0.05) is 16.1 Å². The highest BCUT2D eigenvalue weighted by atomic mass is 35.5. The van der Waals surface area contributed by atoms with Gasteiger partial charge in [-0.15, -0.1) is 0 Å². The van der Waals surface area contributed by atoms with Crippen molar-refractivity contribution in [1.29, 1.82) is 0 Å². The van der Waals surface area contributed by atoms with Gasteiger partial charge in [-0.1, -0.05) is 53.5 Å². The number of hydrogen-bond donors (Lipinski definition) is 2. The minimum atomic E-state index is -1.15. The molecular formula is C25H22Cl2N4O2.